The lowest BCUT2D eigenvalue weighted by atomic mass is 10.2. The maximum atomic E-state index is 10.8. The van der Waals surface area contributed by atoms with Gasteiger partial charge in [-0.15, -0.1) is 0 Å². The minimum Gasteiger partial charge on any atom is -0.468 e. The lowest BCUT2D eigenvalue weighted by Crippen LogP contribution is -1.97. The summed E-state index contributed by atoms with van der Waals surface area (Å²) in [5.41, 5.74) is 12.9. The van der Waals surface area contributed by atoms with Crippen LogP contribution in [0.4, 0.5) is 11.4 Å². The van der Waals surface area contributed by atoms with Crippen LogP contribution in [0.15, 0.2) is 18.2 Å². The van der Waals surface area contributed by atoms with Crippen molar-refractivity contribution in [3.8, 4) is 11.8 Å². The number of esters is 1. The summed E-state index contributed by atoms with van der Waals surface area (Å²) in [6, 6.07) is 5.09. The van der Waals surface area contributed by atoms with Crippen molar-refractivity contribution < 1.29 is 9.53 Å². The normalized spacial score (nSPS) is 8.87. The third-order valence-corrected chi connectivity index (χ3v) is 1.78. The topological polar surface area (TPSA) is 78.3 Å². The van der Waals surface area contributed by atoms with Crippen molar-refractivity contribution >= 4 is 17.3 Å². The fraction of sp³-hybridized carbons (Fsp3) is 0.182. The number of benzene rings is 1. The number of nitrogen functional groups attached to an aromatic ring is 2. The van der Waals surface area contributed by atoms with E-state index in [0.29, 0.717) is 11.4 Å². The quantitative estimate of drug-likeness (QED) is 0.402. The Morgan fingerprint density at radius 1 is 1.40 bits per heavy atom. The van der Waals surface area contributed by atoms with Gasteiger partial charge in [-0.2, -0.15) is 0 Å². The number of ether oxygens (including phenoxy) is 1. The van der Waals surface area contributed by atoms with E-state index >= 15 is 0 Å². The van der Waals surface area contributed by atoms with Crippen molar-refractivity contribution in [1.82, 2.24) is 0 Å². The Hall–Kier alpha value is -2.15. The van der Waals surface area contributed by atoms with Gasteiger partial charge in [-0.25, -0.2) is 0 Å². The molecule has 0 atom stereocenters. The summed E-state index contributed by atoms with van der Waals surface area (Å²) in [4.78, 5) is 10.8. The number of methoxy groups -OCH3 is 1. The molecule has 1 aromatic carbocycles. The Bertz CT molecular complexity index is 430. The third-order valence-electron chi connectivity index (χ3n) is 1.78. The summed E-state index contributed by atoms with van der Waals surface area (Å²) in [6.45, 7) is 0. The number of rotatable bonds is 1. The maximum Gasteiger partial charge on any atom is 0.317 e. The molecule has 0 aliphatic heterocycles. The van der Waals surface area contributed by atoms with Crippen LogP contribution in [0.2, 0.25) is 0 Å². The zero-order valence-corrected chi connectivity index (χ0v) is 8.41. The first-order chi connectivity index (χ1) is 7.13. The van der Waals surface area contributed by atoms with Crippen LogP contribution in [0.3, 0.4) is 0 Å². The van der Waals surface area contributed by atoms with Crippen molar-refractivity contribution in [3.63, 3.8) is 0 Å². The number of hydrogen-bond acceptors (Lipinski definition) is 4. The molecular weight excluding hydrogens is 192 g/mol. The van der Waals surface area contributed by atoms with Crippen LogP contribution in [-0.2, 0) is 9.53 Å². The Balaban J connectivity index is 2.72. The van der Waals surface area contributed by atoms with Gasteiger partial charge in [0.05, 0.1) is 18.5 Å². The lowest BCUT2D eigenvalue weighted by Gasteiger charge is -1.98. The SMILES string of the molecule is COC(=O)CC#Cc1ccc(N)c(N)c1. The molecule has 0 unspecified atom stereocenters. The van der Waals surface area contributed by atoms with Gasteiger partial charge in [0.25, 0.3) is 0 Å². The summed E-state index contributed by atoms with van der Waals surface area (Å²) in [5, 5.41) is 0. The third kappa shape index (κ3) is 3.24. The minimum absolute atomic E-state index is 0.0702. The zero-order valence-electron chi connectivity index (χ0n) is 8.41. The molecule has 0 radical (unpaired) electrons. The van der Waals surface area contributed by atoms with Gasteiger partial charge < -0.3 is 16.2 Å². The highest BCUT2D eigenvalue weighted by atomic mass is 16.5. The molecule has 0 saturated heterocycles. The molecule has 0 aliphatic carbocycles. The smallest absolute Gasteiger partial charge is 0.317 e. The van der Waals surface area contributed by atoms with E-state index in [-0.39, 0.29) is 12.4 Å². The Kier molecular flexibility index (Phi) is 3.58. The van der Waals surface area contributed by atoms with E-state index in [4.69, 9.17) is 11.5 Å². The summed E-state index contributed by atoms with van der Waals surface area (Å²) < 4.78 is 4.44. The molecule has 1 aromatic rings. The second kappa shape index (κ2) is 4.91. The molecule has 0 bridgehead atoms. The van der Waals surface area contributed by atoms with Crippen LogP contribution in [0.25, 0.3) is 0 Å². The highest BCUT2D eigenvalue weighted by Gasteiger charge is 1.95. The predicted molar refractivity (Wildman–Crippen MR) is 58.8 cm³/mol. The molecule has 4 N–H and O–H groups in total. The van der Waals surface area contributed by atoms with Crippen LogP contribution in [0.5, 0.6) is 0 Å². The van der Waals surface area contributed by atoms with E-state index in [0.717, 1.165) is 5.56 Å². The molecular formula is C11H12N2O2. The van der Waals surface area contributed by atoms with E-state index in [1.807, 2.05) is 0 Å². The van der Waals surface area contributed by atoms with E-state index in [9.17, 15) is 4.79 Å². The molecule has 0 saturated carbocycles. The molecule has 0 aliphatic rings. The highest BCUT2D eigenvalue weighted by Crippen LogP contribution is 2.14. The van der Waals surface area contributed by atoms with Crippen LogP contribution >= 0.6 is 0 Å². The Morgan fingerprint density at radius 2 is 2.13 bits per heavy atom. The largest absolute Gasteiger partial charge is 0.468 e. The number of anilines is 2. The number of hydrogen-bond donors (Lipinski definition) is 2. The standard InChI is InChI=1S/C11H12N2O2/c1-15-11(14)4-2-3-8-5-6-9(12)10(13)7-8/h5-7H,4,12-13H2,1H3. The first kappa shape index (κ1) is 10.9. The van der Waals surface area contributed by atoms with Crippen LogP contribution in [0.1, 0.15) is 12.0 Å². The van der Waals surface area contributed by atoms with Crippen molar-refractivity contribution in [2.75, 3.05) is 18.6 Å². The average molecular weight is 204 g/mol. The summed E-state index contributed by atoms with van der Waals surface area (Å²) in [7, 11) is 1.32. The van der Waals surface area contributed by atoms with E-state index in [1.165, 1.54) is 7.11 Å². The monoisotopic (exact) mass is 204 g/mol. The summed E-state index contributed by atoms with van der Waals surface area (Å²) >= 11 is 0. The molecule has 0 fully saturated rings. The Morgan fingerprint density at radius 3 is 2.73 bits per heavy atom. The fourth-order valence-corrected chi connectivity index (χ4v) is 0.943. The van der Waals surface area contributed by atoms with E-state index < -0.39 is 0 Å². The number of nitrogens with two attached hydrogens (primary N) is 2. The first-order valence-corrected chi connectivity index (χ1v) is 4.34. The lowest BCUT2D eigenvalue weighted by molar-refractivity contribution is -0.139. The van der Waals surface area contributed by atoms with Gasteiger partial charge in [0.2, 0.25) is 0 Å². The van der Waals surface area contributed by atoms with E-state index in [2.05, 4.69) is 16.6 Å². The zero-order chi connectivity index (χ0) is 11.3. The maximum absolute atomic E-state index is 10.8. The van der Waals surface area contributed by atoms with Gasteiger partial charge in [-0.3, -0.25) is 4.79 Å². The van der Waals surface area contributed by atoms with Crippen LogP contribution < -0.4 is 11.5 Å². The molecule has 4 nitrogen and oxygen atoms in total. The van der Waals surface area contributed by atoms with Gasteiger partial charge in [-0.1, -0.05) is 11.8 Å². The molecule has 1 rings (SSSR count). The molecule has 0 heterocycles. The van der Waals surface area contributed by atoms with Crippen molar-refractivity contribution in [2.24, 2.45) is 0 Å². The summed E-state index contributed by atoms with van der Waals surface area (Å²) in [5.74, 6) is 5.11. The van der Waals surface area contributed by atoms with Crippen LogP contribution in [0, 0.1) is 11.8 Å². The number of carbonyl (C=O) groups excluding carboxylic acids is 1. The molecule has 78 valence electrons. The highest BCUT2D eigenvalue weighted by molar-refractivity contribution is 5.72. The molecule has 0 aromatic heterocycles. The Labute approximate surface area is 88.2 Å². The molecule has 0 spiro atoms. The molecule has 0 amide bonds. The first-order valence-electron chi connectivity index (χ1n) is 4.34. The predicted octanol–water partition coefficient (Wildman–Crippen LogP) is 0.766. The molecule has 4 heteroatoms. The molecule has 15 heavy (non-hydrogen) atoms. The number of carbonyl (C=O) groups is 1. The van der Waals surface area contributed by atoms with Gasteiger partial charge in [0, 0.05) is 5.56 Å². The van der Waals surface area contributed by atoms with E-state index in [1.54, 1.807) is 18.2 Å². The van der Waals surface area contributed by atoms with Crippen molar-refractivity contribution in [2.45, 2.75) is 6.42 Å². The van der Waals surface area contributed by atoms with Gasteiger partial charge in [0.1, 0.15) is 6.42 Å². The summed E-state index contributed by atoms with van der Waals surface area (Å²) in [6.07, 6.45) is 0.0702. The second-order valence-electron chi connectivity index (χ2n) is 2.90. The van der Waals surface area contributed by atoms with Gasteiger partial charge >= 0.3 is 5.97 Å². The average Bonchev–Trinajstić information content (AvgIpc) is 2.23. The second-order valence-corrected chi connectivity index (χ2v) is 2.90. The van der Waals surface area contributed by atoms with Gasteiger partial charge in [0.15, 0.2) is 0 Å². The van der Waals surface area contributed by atoms with Crippen molar-refractivity contribution in [1.29, 1.82) is 0 Å². The minimum atomic E-state index is -0.356. The van der Waals surface area contributed by atoms with Gasteiger partial charge in [-0.05, 0) is 18.2 Å². The van der Waals surface area contributed by atoms with Crippen molar-refractivity contribution in [3.05, 3.63) is 23.8 Å². The fourth-order valence-electron chi connectivity index (χ4n) is 0.943. The van der Waals surface area contributed by atoms with Crippen LogP contribution in [-0.4, -0.2) is 13.1 Å².